The van der Waals surface area contributed by atoms with Crippen LogP contribution in [-0.4, -0.2) is 56.6 Å². The third-order valence-electron chi connectivity index (χ3n) is 7.20. The maximum absolute atomic E-state index is 12.8. The molecule has 1 aromatic carbocycles. The van der Waals surface area contributed by atoms with Gasteiger partial charge in [0, 0.05) is 6.04 Å². The molecule has 0 radical (unpaired) electrons. The highest BCUT2D eigenvalue weighted by atomic mass is 35.5. The second kappa shape index (κ2) is 10.6. The van der Waals surface area contributed by atoms with Crippen molar-refractivity contribution in [3.63, 3.8) is 0 Å². The van der Waals surface area contributed by atoms with Crippen LogP contribution < -0.4 is 20.4 Å². The van der Waals surface area contributed by atoms with Crippen LogP contribution in [0, 0.1) is 11.8 Å². The van der Waals surface area contributed by atoms with Crippen molar-refractivity contribution in [3.05, 3.63) is 29.3 Å². The zero-order chi connectivity index (χ0) is 21.7. The molecular formula is C23H37ClN4O2+2. The van der Waals surface area contributed by atoms with Crippen LogP contribution in [0.3, 0.4) is 0 Å². The number of amides is 2. The van der Waals surface area contributed by atoms with Crippen LogP contribution in [-0.2, 0) is 9.59 Å². The van der Waals surface area contributed by atoms with Gasteiger partial charge in [-0.2, -0.15) is 0 Å². The van der Waals surface area contributed by atoms with E-state index in [2.05, 4.69) is 24.5 Å². The minimum absolute atomic E-state index is 0.0206. The number of quaternary nitrogens is 2. The first-order valence-electron chi connectivity index (χ1n) is 11.4. The van der Waals surface area contributed by atoms with Gasteiger partial charge in [-0.05, 0) is 37.3 Å². The number of hydrogen-bond donors (Lipinski definition) is 4. The molecule has 166 valence electrons. The first-order valence-corrected chi connectivity index (χ1v) is 11.8. The molecular weight excluding hydrogens is 400 g/mol. The lowest BCUT2D eigenvalue weighted by atomic mass is 9.78. The van der Waals surface area contributed by atoms with Crippen LogP contribution in [0.4, 0.5) is 5.69 Å². The number of carbonyl (C=O) groups is 2. The summed E-state index contributed by atoms with van der Waals surface area (Å²) in [5.74, 6) is 1.38. The standard InChI is InChI=1S/C23H35ClN4O2/c1-16-7-6-10-20(17(16)2)26-23(30)18(3)28-13-11-27(12-14-28)15-22(29)25-21-9-5-4-8-19(21)24/h4-5,8-9,16-18,20H,6-7,10-15H2,1-3H3,(H,25,29)(H,26,30)/p+2/t16-,17+,18+,20+/m0/s1. The molecule has 4 N–H and O–H groups in total. The van der Waals surface area contributed by atoms with Crippen LogP contribution in [0.15, 0.2) is 24.3 Å². The Kier molecular flexibility index (Phi) is 8.14. The Morgan fingerprint density at radius 1 is 1.13 bits per heavy atom. The lowest BCUT2D eigenvalue weighted by Gasteiger charge is -2.36. The average Bonchev–Trinajstić information content (AvgIpc) is 2.73. The average molecular weight is 437 g/mol. The minimum Gasteiger partial charge on any atom is -0.348 e. The van der Waals surface area contributed by atoms with Gasteiger partial charge in [-0.25, -0.2) is 0 Å². The minimum atomic E-state index is -0.0482. The molecule has 4 atom stereocenters. The summed E-state index contributed by atoms with van der Waals surface area (Å²) in [6, 6.07) is 7.55. The van der Waals surface area contributed by atoms with Crippen molar-refractivity contribution in [1.29, 1.82) is 0 Å². The lowest BCUT2D eigenvalue weighted by Crippen LogP contribution is -3.30. The van der Waals surface area contributed by atoms with E-state index in [1.807, 2.05) is 25.1 Å². The van der Waals surface area contributed by atoms with Crippen molar-refractivity contribution in [1.82, 2.24) is 5.32 Å². The number of para-hydroxylation sites is 1. The maximum Gasteiger partial charge on any atom is 0.279 e. The summed E-state index contributed by atoms with van der Waals surface area (Å²) in [5.41, 5.74) is 0.657. The summed E-state index contributed by atoms with van der Waals surface area (Å²) < 4.78 is 0. The Labute approximate surface area is 185 Å². The second-order valence-electron chi connectivity index (χ2n) is 9.22. The maximum atomic E-state index is 12.8. The summed E-state index contributed by atoms with van der Waals surface area (Å²) in [4.78, 5) is 27.8. The van der Waals surface area contributed by atoms with Gasteiger partial charge < -0.3 is 20.4 Å². The Bertz CT molecular complexity index is 736. The number of hydrogen-bond acceptors (Lipinski definition) is 2. The number of piperazine rings is 1. The molecule has 2 aliphatic rings. The van der Waals surface area contributed by atoms with Crippen molar-refractivity contribution >= 4 is 29.1 Å². The molecule has 1 saturated carbocycles. The first kappa shape index (κ1) is 23.0. The third kappa shape index (κ3) is 5.96. The van der Waals surface area contributed by atoms with Crippen molar-refractivity contribution in [2.45, 2.75) is 52.1 Å². The van der Waals surface area contributed by atoms with Gasteiger partial charge in [0.15, 0.2) is 12.6 Å². The molecule has 2 fully saturated rings. The first-order chi connectivity index (χ1) is 14.3. The fourth-order valence-corrected chi connectivity index (χ4v) is 4.98. The molecule has 1 aromatic rings. The van der Waals surface area contributed by atoms with Gasteiger partial charge in [-0.15, -0.1) is 0 Å². The van der Waals surface area contributed by atoms with E-state index in [0.29, 0.717) is 35.1 Å². The van der Waals surface area contributed by atoms with Gasteiger partial charge in [0.2, 0.25) is 0 Å². The van der Waals surface area contributed by atoms with Gasteiger partial charge in [-0.3, -0.25) is 9.59 Å². The topological polar surface area (TPSA) is 67.1 Å². The number of carbonyl (C=O) groups excluding carboxylic acids is 2. The molecule has 2 amide bonds. The number of benzene rings is 1. The molecule has 0 spiro atoms. The van der Waals surface area contributed by atoms with Gasteiger partial charge in [0.1, 0.15) is 26.2 Å². The largest absolute Gasteiger partial charge is 0.348 e. The van der Waals surface area contributed by atoms with E-state index in [-0.39, 0.29) is 17.9 Å². The molecule has 0 aromatic heterocycles. The summed E-state index contributed by atoms with van der Waals surface area (Å²) >= 11 is 6.12. The Morgan fingerprint density at radius 3 is 2.53 bits per heavy atom. The quantitative estimate of drug-likeness (QED) is 0.521. The summed E-state index contributed by atoms with van der Waals surface area (Å²) in [6.45, 7) is 10.6. The van der Waals surface area contributed by atoms with Crippen molar-refractivity contribution in [3.8, 4) is 0 Å². The highest BCUT2D eigenvalue weighted by Gasteiger charge is 2.34. The molecule has 1 aliphatic carbocycles. The number of rotatable bonds is 6. The van der Waals surface area contributed by atoms with E-state index in [9.17, 15) is 9.59 Å². The normalized spacial score (nSPS) is 30.3. The smallest absolute Gasteiger partial charge is 0.279 e. The summed E-state index contributed by atoms with van der Waals surface area (Å²) in [6.07, 6.45) is 3.57. The van der Waals surface area contributed by atoms with E-state index in [1.54, 1.807) is 6.07 Å². The van der Waals surface area contributed by atoms with E-state index in [1.165, 1.54) is 22.6 Å². The van der Waals surface area contributed by atoms with Crippen molar-refractivity contribution < 1.29 is 19.4 Å². The lowest BCUT2D eigenvalue weighted by molar-refractivity contribution is -1.01. The van der Waals surface area contributed by atoms with Gasteiger partial charge in [0.25, 0.3) is 11.8 Å². The molecule has 1 aliphatic heterocycles. The number of nitrogens with one attached hydrogen (secondary N) is 4. The predicted octanol–water partition coefficient (Wildman–Crippen LogP) is 0.391. The van der Waals surface area contributed by atoms with Crippen molar-refractivity contribution in [2.24, 2.45) is 11.8 Å². The Hall–Kier alpha value is -1.63. The fraction of sp³-hybridized carbons (Fsp3) is 0.652. The fourth-order valence-electron chi connectivity index (χ4n) is 4.80. The molecule has 1 saturated heterocycles. The zero-order valence-electron chi connectivity index (χ0n) is 18.5. The van der Waals surface area contributed by atoms with E-state index >= 15 is 0 Å². The van der Waals surface area contributed by atoms with Crippen molar-refractivity contribution in [2.75, 3.05) is 38.0 Å². The number of anilines is 1. The van der Waals surface area contributed by atoms with Crippen LogP contribution >= 0.6 is 11.6 Å². The number of halogens is 1. The monoisotopic (exact) mass is 436 g/mol. The van der Waals surface area contributed by atoms with E-state index in [0.717, 1.165) is 32.6 Å². The molecule has 3 rings (SSSR count). The molecule has 7 heteroatoms. The molecule has 0 bridgehead atoms. The highest BCUT2D eigenvalue weighted by molar-refractivity contribution is 6.33. The summed E-state index contributed by atoms with van der Waals surface area (Å²) in [5, 5.41) is 6.78. The van der Waals surface area contributed by atoms with Crippen LogP contribution in [0.5, 0.6) is 0 Å². The van der Waals surface area contributed by atoms with Crippen LogP contribution in [0.25, 0.3) is 0 Å². The van der Waals surface area contributed by atoms with Gasteiger partial charge >= 0.3 is 0 Å². The Morgan fingerprint density at radius 2 is 1.83 bits per heavy atom. The van der Waals surface area contributed by atoms with E-state index in [4.69, 9.17) is 11.6 Å². The molecule has 6 nitrogen and oxygen atoms in total. The second-order valence-corrected chi connectivity index (χ2v) is 9.62. The Balaban J connectivity index is 1.42. The van der Waals surface area contributed by atoms with Gasteiger partial charge in [-0.1, -0.05) is 50.4 Å². The molecule has 30 heavy (non-hydrogen) atoms. The zero-order valence-corrected chi connectivity index (χ0v) is 19.2. The van der Waals surface area contributed by atoms with Gasteiger partial charge in [0.05, 0.1) is 10.7 Å². The molecule has 0 unspecified atom stereocenters. The van der Waals surface area contributed by atoms with Crippen LogP contribution in [0.1, 0.15) is 40.0 Å². The molecule has 1 heterocycles. The SMILES string of the molecule is C[C@@H]1[C@@H](C)CCC[C@H]1NC(=O)[C@@H](C)[NH+]1CC[NH+](CC(=O)Nc2ccccc2Cl)CC1. The highest BCUT2D eigenvalue weighted by Crippen LogP contribution is 2.29. The van der Waals surface area contributed by atoms with E-state index < -0.39 is 0 Å². The predicted molar refractivity (Wildman–Crippen MR) is 120 cm³/mol. The summed E-state index contributed by atoms with van der Waals surface area (Å²) in [7, 11) is 0. The van der Waals surface area contributed by atoms with Crippen LogP contribution in [0.2, 0.25) is 5.02 Å². The third-order valence-corrected chi connectivity index (χ3v) is 7.53.